The summed E-state index contributed by atoms with van der Waals surface area (Å²) in [6.07, 6.45) is 0. The van der Waals surface area contributed by atoms with E-state index in [1.807, 2.05) is 95.5 Å². The van der Waals surface area contributed by atoms with E-state index in [-0.39, 0.29) is 0 Å². The van der Waals surface area contributed by atoms with Crippen LogP contribution in [0.15, 0.2) is 112 Å². The number of nitrogens with one attached hydrogen (secondary N) is 1. The molecule has 9 rings (SSSR count). The summed E-state index contributed by atoms with van der Waals surface area (Å²) >= 11 is 15.4. The number of rotatable bonds is 4. The van der Waals surface area contributed by atoms with E-state index < -0.39 is 0 Å². The van der Waals surface area contributed by atoms with Crippen LogP contribution in [0.1, 0.15) is 39.5 Å². The molecule has 14 heteroatoms. The molecule has 10 nitrogen and oxygen atoms in total. The van der Waals surface area contributed by atoms with Crippen LogP contribution in [0.2, 0.25) is 10.0 Å². The molecule has 3 aromatic carbocycles. The van der Waals surface area contributed by atoms with E-state index in [0.717, 1.165) is 60.9 Å². The first-order valence-electron chi connectivity index (χ1n) is 15.2. The number of halogens is 2. The second kappa shape index (κ2) is 13.1. The van der Waals surface area contributed by atoms with Gasteiger partial charge in [0.05, 0.1) is 6.54 Å². The number of thiophene rings is 2. The van der Waals surface area contributed by atoms with Gasteiger partial charge in [-0.15, -0.1) is 43.1 Å². The summed E-state index contributed by atoms with van der Waals surface area (Å²) in [7, 11) is 0. The lowest BCUT2D eigenvalue weighted by Crippen LogP contribution is -2.20. The van der Waals surface area contributed by atoms with Crippen molar-refractivity contribution in [2.75, 3.05) is 10.4 Å². The third kappa shape index (κ3) is 5.93. The number of hydrazone groups is 2. The summed E-state index contributed by atoms with van der Waals surface area (Å²) in [5.41, 5.74) is 10.0. The van der Waals surface area contributed by atoms with Crippen molar-refractivity contribution in [3.63, 3.8) is 0 Å². The minimum Gasteiger partial charge on any atom is -0.254 e. The standard InChI is InChI=1S/C21H16ClN5S.C14H10ClN5S/c1-14-23-24-21-26(13-15-5-3-2-4-6-15)25-19(16-7-9-17(22)10-8-16)18-11-12-28-20(18)27(14)21;1-8-16-18-14-19-17-12(9-2-4-10(15)5-3-9)11-6-7-21-13(11)20(8)14/h2-12H,13H2,1H3;2-7H,1H3,(H,18,19). The predicted octanol–water partition coefficient (Wildman–Crippen LogP) is 8.53. The van der Waals surface area contributed by atoms with Crippen molar-refractivity contribution in [2.45, 2.75) is 20.4 Å². The molecular formula is C35H26Cl2N10S2. The maximum Gasteiger partial charge on any atom is 0.253 e. The molecule has 0 radical (unpaired) electrons. The Bertz CT molecular complexity index is 2340. The molecule has 0 atom stereocenters. The van der Waals surface area contributed by atoms with Gasteiger partial charge in [-0.1, -0.05) is 77.8 Å². The van der Waals surface area contributed by atoms with Crippen LogP contribution in [0.3, 0.4) is 0 Å². The molecular weight excluding hydrogens is 695 g/mol. The smallest absolute Gasteiger partial charge is 0.253 e. The highest BCUT2D eigenvalue weighted by Crippen LogP contribution is 2.34. The Morgan fingerprint density at radius 3 is 1.88 bits per heavy atom. The van der Waals surface area contributed by atoms with Crippen LogP contribution in [0.4, 0.5) is 11.9 Å². The van der Waals surface area contributed by atoms with Gasteiger partial charge in [0.25, 0.3) is 5.95 Å². The number of aromatic nitrogens is 6. The van der Waals surface area contributed by atoms with Gasteiger partial charge in [0.1, 0.15) is 33.1 Å². The second-order valence-corrected chi connectivity index (χ2v) is 13.8. The molecule has 0 bridgehead atoms. The first-order chi connectivity index (χ1) is 23.9. The number of anilines is 2. The zero-order chi connectivity index (χ0) is 33.5. The van der Waals surface area contributed by atoms with E-state index in [4.69, 9.17) is 28.3 Å². The van der Waals surface area contributed by atoms with Crippen molar-refractivity contribution >= 4 is 69.2 Å². The summed E-state index contributed by atoms with van der Waals surface area (Å²) in [5.74, 6) is 3.01. The fourth-order valence-electron chi connectivity index (χ4n) is 5.64. The fourth-order valence-corrected chi connectivity index (χ4v) is 7.78. The normalized spacial score (nSPS) is 12.9. The quantitative estimate of drug-likeness (QED) is 0.196. The highest BCUT2D eigenvalue weighted by Gasteiger charge is 2.28. The van der Waals surface area contributed by atoms with E-state index >= 15 is 0 Å². The molecule has 49 heavy (non-hydrogen) atoms. The van der Waals surface area contributed by atoms with Crippen LogP contribution in [-0.4, -0.2) is 41.0 Å². The number of hydrogen-bond acceptors (Lipinski definition) is 10. The predicted molar refractivity (Wildman–Crippen MR) is 198 cm³/mol. The molecule has 7 aromatic rings. The Morgan fingerprint density at radius 2 is 1.20 bits per heavy atom. The monoisotopic (exact) mass is 720 g/mol. The summed E-state index contributed by atoms with van der Waals surface area (Å²) in [4.78, 5) is 0. The topological polar surface area (TPSA) is 101 Å². The molecule has 4 aromatic heterocycles. The van der Waals surface area contributed by atoms with E-state index in [9.17, 15) is 0 Å². The van der Waals surface area contributed by atoms with Crippen LogP contribution < -0.4 is 10.4 Å². The van der Waals surface area contributed by atoms with E-state index in [0.29, 0.717) is 28.5 Å². The highest BCUT2D eigenvalue weighted by molar-refractivity contribution is 7.13. The second-order valence-electron chi connectivity index (χ2n) is 11.1. The molecule has 2 aliphatic rings. The Kier molecular flexibility index (Phi) is 8.30. The molecule has 6 heterocycles. The van der Waals surface area contributed by atoms with E-state index in [1.165, 1.54) is 0 Å². The van der Waals surface area contributed by atoms with Gasteiger partial charge in [-0.25, -0.2) is 10.4 Å². The van der Waals surface area contributed by atoms with Gasteiger partial charge < -0.3 is 0 Å². The molecule has 242 valence electrons. The van der Waals surface area contributed by atoms with Gasteiger partial charge in [-0.05, 0) is 66.6 Å². The molecule has 0 saturated heterocycles. The summed E-state index contributed by atoms with van der Waals surface area (Å²) in [6.45, 7) is 4.49. The Balaban J connectivity index is 0.000000148. The number of aryl methyl sites for hydroxylation is 2. The lowest BCUT2D eigenvalue weighted by molar-refractivity contribution is 0.798. The number of fused-ring (bicyclic) bond motifs is 6. The van der Waals surface area contributed by atoms with Crippen LogP contribution in [0.25, 0.3) is 10.0 Å². The minimum absolute atomic E-state index is 0.602. The molecule has 0 spiro atoms. The first-order valence-corrected chi connectivity index (χ1v) is 17.7. The number of benzene rings is 3. The fraction of sp³-hybridized carbons (Fsp3) is 0.0857. The zero-order valence-electron chi connectivity index (χ0n) is 26.1. The summed E-state index contributed by atoms with van der Waals surface area (Å²) < 4.78 is 4.06. The van der Waals surface area contributed by atoms with Gasteiger partial charge in [0.2, 0.25) is 5.95 Å². The Hall–Kier alpha value is -5.14. The van der Waals surface area contributed by atoms with Gasteiger partial charge >= 0.3 is 0 Å². The first kappa shape index (κ1) is 31.1. The van der Waals surface area contributed by atoms with Crippen LogP contribution in [-0.2, 0) is 6.54 Å². The van der Waals surface area contributed by atoms with Crippen molar-refractivity contribution in [3.8, 4) is 10.0 Å². The third-order valence-electron chi connectivity index (χ3n) is 7.97. The maximum absolute atomic E-state index is 6.10. The van der Waals surface area contributed by atoms with E-state index in [1.54, 1.807) is 22.7 Å². The summed E-state index contributed by atoms with van der Waals surface area (Å²) in [6, 6.07) is 29.9. The van der Waals surface area contributed by atoms with Gasteiger partial charge in [-0.3, -0.25) is 9.13 Å². The largest absolute Gasteiger partial charge is 0.254 e. The summed E-state index contributed by atoms with van der Waals surface area (Å²) in [5, 5.41) is 36.1. The highest BCUT2D eigenvalue weighted by atomic mass is 35.5. The van der Waals surface area contributed by atoms with Crippen molar-refractivity contribution in [2.24, 2.45) is 10.2 Å². The number of nitrogens with zero attached hydrogens (tertiary/aromatic N) is 9. The number of hydrogen-bond donors (Lipinski definition) is 1. The Labute approximate surface area is 299 Å². The van der Waals surface area contributed by atoms with Crippen LogP contribution in [0, 0.1) is 13.8 Å². The molecule has 0 amide bonds. The lowest BCUT2D eigenvalue weighted by atomic mass is 10.0. The zero-order valence-corrected chi connectivity index (χ0v) is 29.3. The van der Waals surface area contributed by atoms with Crippen LogP contribution in [0.5, 0.6) is 0 Å². The average molecular weight is 722 g/mol. The van der Waals surface area contributed by atoms with Crippen molar-refractivity contribution in [1.29, 1.82) is 0 Å². The maximum atomic E-state index is 6.10. The van der Waals surface area contributed by atoms with Crippen molar-refractivity contribution < 1.29 is 0 Å². The van der Waals surface area contributed by atoms with Crippen LogP contribution >= 0.6 is 45.9 Å². The SMILES string of the molecule is Cc1nnc2n1-c1sccc1C(c1ccc(Cl)cc1)=NN2.Cc1nnc2n1-c1sccc1C(c1ccc(Cl)cc1)=NN2Cc1ccccc1. The lowest BCUT2D eigenvalue weighted by Gasteiger charge is -2.17. The molecule has 1 N–H and O–H groups in total. The molecule has 0 aliphatic carbocycles. The average Bonchev–Trinajstić information content (AvgIpc) is 3.91. The molecule has 2 aliphatic heterocycles. The molecule has 0 fully saturated rings. The van der Waals surface area contributed by atoms with Gasteiger partial charge in [-0.2, -0.15) is 10.2 Å². The molecule has 0 saturated carbocycles. The van der Waals surface area contributed by atoms with Crippen molar-refractivity contribution in [3.05, 3.63) is 151 Å². The van der Waals surface area contributed by atoms with Crippen molar-refractivity contribution in [1.82, 2.24) is 29.5 Å². The molecule has 0 unspecified atom stereocenters. The van der Waals surface area contributed by atoms with Gasteiger partial charge in [0.15, 0.2) is 0 Å². The van der Waals surface area contributed by atoms with E-state index in [2.05, 4.69) is 65.1 Å². The minimum atomic E-state index is 0.602. The third-order valence-corrected chi connectivity index (χ3v) is 10.3. The Morgan fingerprint density at radius 1 is 0.633 bits per heavy atom. The van der Waals surface area contributed by atoms with Gasteiger partial charge in [0, 0.05) is 32.3 Å².